The van der Waals surface area contributed by atoms with E-state index in [0.29, 0.717) is 12.5 Å². The summed E-state index contributed by atoms with van der Waals surface area (Å²) in [6, 6.07) is 12.9. The van der Waals surface area contributed by atoms with Crippen LogP contribution in [0.2, 0.25) is 0 Å². The summed E-state index contributed by atoms with van der Waals surface area (Å²) in [7, 11) is 0. The molecule has 0 saturated heterocycles. The standard InChI is InChI=1S/C28H36N2O.C5H12O.C3H8.2CH2O/c1-7-12-21(8-2)17-20(6)28-24-15-13-22(29-9-3)18-26(24)31-27-19-23(14-16-25(27)28)30(10-4)11-5;1-2-3-4-5-6;1-3-2;2*1-2/h7,13-19,21H,1,8-12H2,2-6H3;6H,2-5H2,1H3;3H2,1-2H3;2*1H2/b20-17+,29-22?;;;;. The van der Waals surface area contributed by atoms with E-state index in [9.17, 15) is 0 Å². The smallest absolute Gasteiger partial charge is 0.137 e. The van der Waals surface area contributed by atoms with Gasteiger partial charge in [-0.05, 0) is 88.3 Å². The van der Waals surface area contributed by atoms with Gasteiger partial charge < -0.3 is 24.0 Å². The molecule has 1 aromatic carbocycles. The van der Waals surface area contributed by atoms with E-state index in [0.717, 1.165) is 73.0 Å². The van der Waals surface area contributed by atoms with Gasteiger partial charge >= 0.3 is 0 Å². The summed E-state index contributed by atoms with van der Waals surface area (Å²) in [5.41, 5.74) is 5.80. The quantitative estimate of drug-likeness (QED) is 0.126. The lowest BCUT2D eigenvalue weighted by molar-refractivity contribution is -0.0987. The second-order valence-electron chi connectivity index (χ2n) is 10.2. The highest BCUT2D eigenvalue weighted by atomic mass is 16.3. The zero-order chi connectivity index (χ0) is 33.9. The molecule has 1 atom stereocenters. The number of allylic oxidation sites excluding steroid dienone is 3. The van der Waals surface area contributed by atoms with Gasteiger partial charge in [0, 0.05) is 55.0 Å². The molecule has 1 N–H and O–H groups in total. The average Bonchev–Trinajstić information content (AvgIpc) is 3.05. The molecule has 2 aliphatic rings. The summed E-state index contributed by atoms with van der Waals surface area (Å²) in [5.74, 6) is 1.38. The predicted octanol–water partition coefficient (Wildman–Crippen LogP) is 9.53. The van der Waals surface area contributed by atoms with Crippen LogP contribution in [-0.2, 0) is 9.59 Å². The van der Waals surface area contributed by atoms with Crippen molar-refractivity contribution in [2.75, 3.05) is 31.1 Å². The summed E-state index contributed by atoms with van der Waals surface area (Å²) >= 11 is 0. The van der Waals surface area contributed by atoms with E-state index in [4.69, 9.17) is 19.1 Å². The van der Waals surface area contributed by atoms with Crippen LogP contribution in [0.25, 0.3) is 27.9 Å². The molecule has 1 aliphatic carbocycles. The Bertz CT molecular complexity index is 1220. The minimum atomic E-state index is 0.355. The van der Waals surface area contributed by atoms with Gasteiger partial charge in [0.2, 0.25) is 0 Å². The Morgan fingerprint density at radius 2 is 1.59 bits per heavy atom. The van der Waals surface area contributed by atoms with Gasteiger partial charge in [0.05, 0.1) is 5.36 Å². The number of benzene rings is 2. The number of fused-ring (bicyclic) bond motifs is 2. The number of hydrogen-bond donors (Lipinski definition) is 1. The maximum absolute atomic E-state index is 8.20. The molecule has 3 rings (SSSR count). The van der Waals surface area contributed by atoms with Crippen LogP contribution in [0.15, 0.2) is 64.5 Å². The molecular weight excluding hydrogens is 548 g/mol. The van der Waals surface area contributed by atoms with Crippen molar-refractivity contribution in [3.05, 3.63) is 66.0 Å². The molecule has 1 unspecified atom stereocenters. The minimum Gasteiger partial charge on any atom is -0.456 e. The Morgan fingerprint density at radius 1 is 0.955 bits per heavy atom. The summed E-state index contributed by atoms with van der Waals surface area (Å²) in [6.07, 6.45) is 11.1. The molecule has 1 aliphatic heterocycles. The van der Waals surface area contributed by atoms with Crippen molar-refractivity contribution in [3.63, 3.8) is 0 Å². The molecule has 6 nitrogen and oxygen atoms in total. The molecule has 0 bridgehead atoms. The number of anilines is 1. The van der Waals surface area contributed by atoms with Crippen molar-refractivity contribution in [2.24, 2.45) is 10.9 Å². The highest BCUT2D eigenvalue weighted by Gasteiger charge is 2.18. The normalized spacial score (nSPS) is 11.5. The number of aliphatic hydroxyl groups excluding tert-OH is 1. The van der Waals surface area contributed by atoms with Crippen LogP contribution in [0, 0.1) is 5.92 Å². The Balaban J connectivity index is 0. The molecule has 1 aromatic rings. The molecular formula is C38H60N2O4. The van der Waals surface area contributed by atoms with Gasteiger partial charge in [-0.15, -0.1) is 6.58 Å². The lowest BCUT2D eigenvalue weighted by Gasteiger charge is -2.22. The zero-order valence-corrected chi connectivity index (χ0v) is 29.0. The van der Waals surface area contributed by atoms with Crippen molar-refractivity contribution >= 4 is 35.8 Å². The zero-order valence-electron chi connectivity index (χ0n) is 29.0. The average molecular weight is 609 g/mol. The Morgan fingerprint density at radius 3 is 2.07 bits per heavy atom. The fourth-order valence-electron chi connectivity index (χ4n) is 4.72. The van der Waals surface area contributed by atoms with Crippen LogP contribution >= 0.6 is 0 Å². The van der Waals surface area contributed by atoms with E-state index in [1.165, 1.54) is 29.7 Å². The van der Waals surface area contributed by atoms with Gasteiger partial charge in [0.1, 0.15) is 24.9 Å². The number of hydrogen-bond acceptors (Lipinski definition) is 6. The Hall–Kier alpha value is -3.51. The highest BCUT2D eigenvalue weighted by molar-refractivity contribution is 5.98. The SMILES string of the molecule is C=CCC(/C=C(\C)c1c2ccc(=NCC)cc-2oc2cc(N(CC)CC)ccc12)CC.C=O.C=O.CCC.CCCCCO. The topological polar surface area (TPSA) is 83.1 Å². The number of aliphatic hydroxyl groups is 1. The molecule has 0 saturated carbocycles. The van der Waals surface area contributed by atoms with Crippen molar-refractivity contribution in [3.8, 4) is 11.3 Å². The first-order valence-electron chi connectivity index (χ1n) is 16.1. The molecule has 0 radical (unpaired) electrons. The van der Waals surface area contributed by atoms with Crippen LogP contribution in [0.4, 0.5) is 5.69 Å². The fourth-order valence-corrected chi connectivity index (χ4v) is 4.72. The first-order chi connectivity index (χ1) is 21.4. The predicted molar refractivity (Wildman–Crippen MR) is 192 cm³/mol. The summed E-state index contributed by atoms with van der Waals surface area (Å²) in [6.45, 7) is 28.3. The molecule has 0 aromatic heterocycles. The molecule has 1 heterocycles. The molecule has 0 amide bonds. The van der Waals surface area contributed by atoms with Gasteiger partial charge in [-0.1, -0.05) is 59.1 Å². The third kappa shape index (κ3) is 14.3. The minimum absolute atomic E-state index is 0.355. The fraction of sp³-hybridized carbons (Fsp3) is 0.500. The first-order valence-corrected chi connectivity index (χ1v) is 16.1. The van der Waals surface area contributed by atoms with E-state index in [2.05, 4.69) is 114 Å². The Kier molecular flexibility index (Phi) is 26.2. The first kappa shape index (κ1) is 42.6. The number of unbranched alkanes of at least 4 members (excludes halogenated alkanes) is 2. The van der Waals surface area contributed by atoms with Crippen LogP contribution in [-0.4, -0.2) is 44.9 Å². The van der Waals surface area contributed by atoms with Crippen molar-refractivity contribution in [2.45, 2.75) is 93.9 Å². The van der Waals surface area contributed by atoms with Crippen LogP contribution < -0.4 is 10.3 Å². The number of nitrogens with zero attached hydrogens (tertiary/aromatic N) is 2. The second kappa shape index (κ2) is 27.1. The molecule has 6 heteroatoms. The maximum atomic E-state index is 8.20. The monoisotopic (exact) mass is 608 g/mol. The van der Waals surface area contributed by atoms with Crippen molar-refractivity contribution < 1.29 is 19.1 Å². The largest absolute Gasteiger partial charge is 0.456 e. The second-order valence-corrected chi connectivity index (χ2v) is 10.2. The van der Waals surface area contributed by atoms with Gasteiger partial charge in [-0.3, -0.25) is 4.99 Å². The van der Waals surface area contributed by atoms with Gasteiger partial charge in [0.25, 0.3) is 0 Å². The lowest BCUT2D eigenvalue weighted by atomic mass is 9.90. The van der Waals surface area contributed by atoms with Crippen LogP contribution in [0.3, 0.4) is 0 Å². The molecule has 246 valence electrons. The number of rotatable bonds is 12. The summed E-state index contributed by atoms with van der Waals surface area (Å²) < 4.78 is 6.45. The molecule has 44 heavy (non-hydrogen) atoms. The van der Waals surface area contributed by atoms with E-state index in [1.54, 1.807) is 0 Å². The summed E-state index contributed by atoms with van der Waals surface area (Å²) in [4.78, 5) is 22.9. The number of carbonyl (C=O) groups excluding carboxylic acids is 2. The van der Waals surface area contributed by atoms with E-state index in [1.807, 2.05) is 19.7 Å². The third-order valence-corrected chi connectivity index (χ3v) is 6.79. The highest BCUT2D eigenvalue weighted by Crippen LogP contribution is 2.39. The van der Waals surface area contributed by atoms with Crippen molar-refractivity contribution in [1.82, 2.24) is 0 Å². The molecule has 0 spiro atoms. The van der Waals surface area contributed by atoms with Gasteiger partial charge in [-0.25, -0.2) is 0 Å². The lowest BCUT2D eigenvalue weighted by Crippen LogP contribution is -2.21. The van der Waals surface area contributed by atoms with Gasteiger partial charge in [0.15, 0.2) is 0 Å². The number of carbonyl (C=O) groups is 2. The molecule has 0 fully saturated rings. The Labute approximate surface area is 267 Å². The van der Waals surface area contributed by atoms with Crippen LogP contribution in [0.5, 0.6) is 0 Å². The summed E-state index contributed by atoms with van der Waals surface area (Å²) in [5, 5.41) is 10.3. The van der Waals surface area contributed by atoms with Gasteiger partial charge in [-0.2, -0.15) is 0 Å². The third-order valence-electron chi connectivity index (χ3n) is 6.79. The van der Waals surface area contributed by atoms with E-state index < -0.39 is 0 Å². The van der Waals surface area contributed by atoms with Crippen molar-refractivity contribution in [1.29, 1.82) is 0 Å². The van der Waals surface area contributed by atoms with E-state index >= 15 is 0 Å². The van der Waals surface area contributed by atoms with Crippen LogP contribution in [0.1, 0.15) is 99.5 Å². The van der Waals surface area contributed by atoms with E-state index in [-0.39, 0.29) is 0 Å². The maximum Gasteiger partial charge on any atom is 0.137 e.